The van der Waals surface area contributed by atoms with Crippen molar-refractivity contribution >= 4 is 11.9 Å². The lowest BCUT2D eigenvalue weighted by molar-refractivity contribution is -0.138. The lowest BCUT2D eigenvalue weighted by Gasteiger charge is -2.38. The van der Waals surface area contributed by atoms with Crippen LogP contribution >= 0.6 is 0 Å². The van der Waals surface area contributed by atoms with Crippen LogP contribution < -0.4 is 5.32 Å². The van der Waals surface area contributed by atoms with E-state index < -0.39 is 5.97 Å². The summed E-state index contributed by atoms with van der Waals surface area (Å²) in [7, 11) is 1.61. The summed E-state index contributed by atoms with van der Waals surface area (Å²) in [6, 6.07) is 0.343. The van der Waals surface area contributed by atoms with E-state index >= 15 is 0 Å². The number of hydrogen-bond donors (Lipinski definition) is 2. The summed E-state index contributed by atoms with van der Waals surface area (Å²) in [6.45, 7) is 2.96. The minimum Gasteiger partial charge on any atom is -0.481 e. The van der Waals surface area contributed by atoms with E-state index in [0.717, 1.165) is 6.42 Å². The molecule has 0 aromatic rings. The molecule has 1 amide bonds. The van der Waals surface area contributed by atoms with E-state index in [1.54, 1.807) is 7.05 Å². The Morgan fingerprint density at radius 3 is 2.56 bits per heavy atom. The molecular formula is C13H24N2O3. The van der Waals surface area contributed by atoms with Crippen LogP contribution in [0.15, 0.2) is 0 Å². The SMILES string of the molecule is CNC(=O)CN(CCC(=O)O)C1CCCCC1C. The van der Waals surface area contributed by atoms with Crippen molar-refractivity contribution in [3.8, 4) is 0 Å². The van der Waals surface area contributed by atoms with E-state index in [1.807, 2.05) is 4.90 Å². The summed E-state index contributed by atoms with van der Waals surface area (Å²) in [5.74, 6) is -0.310. The van der Waals surface area contributed by atoms with Gasteiger partial charge in [0.25, 0.3) is 0 Å². The molecule has 5 heteroatoms. The summed E-state index contributed by atoms with van der Waals surface area (Å²) in [4.78, 5) is 24.3. The Balaban J connectivity index is 2.61. The van der Waals surface area contributed by atoms with E-state index in [1.165, 1.54) is 19.3 Å². The molecule has 0 spiro atoms. The summed E-state index contributed by atoms with van der Waals surface area (Å²) >= 11 is 0. The van der Waals surface area contributed by atoms with Crippen molar-refractivity contribution in [2.24, 2.45) is 5.92 Å². The number of carbonyl (C=O) groups excluding carboxylic acids is 1. The van der Waals surface area contributed by atoms with Crippen LogP contribution in [0.4, 0.5) is 0 Å². The van der Waals surface area contributed by atoms with Gasteiger partial charge in [0, 0.05) is 19.6 Å². The molecule has 104 valence electrons. The largest absolute Gasteiger partial charge is 0.481 e. The number of carboxylic acids is 1. The highest BCUT2D eigenvalue weighted by Gasteiger charge is 2.28. The smallest absolute Gasteiger partial charge is 0.304 e. The lowest BCUT2D eigenvalue weighted by atomic mass is 9.84. The van der Waals surface area contributed by atoms with Crippen LogP contribution in [-0.4, -0.2) is 48.1 Å². The van der Waals surface area contributed by atoms with E-state index in [-0.39, 0.29) is 12.3 Å². The maximum absolute atomic E-state index is 11.5. The van der Waals surface area contributed by atoms with Crippen molar-refractivity contribution in [3.05, 3.63) is 0 Å². The number of nitrogens with zero attached hydrogens (tertiary/aromatic N) is 1. The highest BCUT2D eigenvalue weighted by molar-refractivity contribution is 5.77. The minimum absolute atomic E-state index is 0.0434. The fourth-order valence-electron chi connectivity index (χ4n) is 2.70. The summed E-state index contributed by atoms with van der Waals surface area (Å²) in [5.41, 5.74) is 0. The maximum atomic E-state index is 11.5. The topological polar surface area (TPSA) is 69.6 Å². The quantitative estimate of drug-likeness (QED) is 0.746. The number of aliphatic carboxylic acids is 1. The van der Waals surface area contributed by atoms with Crippen molar-refractivity contribution < 1.29 is 14.7 Å². The molecule has 0 radical (unpaired) electrons. The first-order valence-electron chi connectivity index (χ1n) is 6.71. The number of likely N-dealkylation sites (N-methyl/N-ethyl adjacent to an activating group) is 1. The van der Waals surface area contributed by atoms with Crippen molar-refractivity contribution in [2.45, 2.75) is 45.1 Å². The molecule has 0 bridgehead atoms. The molecule has 1 aliphatic carbocycles. The molecule has 0 saturated heterocycles. The molecule has 2 N–H and O–H groups in total. The maximum Gasteiger partial charge on any atom is 0.304 e. The zero-order valence-electron chi connectivity index (χ0n) is 11.3. The molecule has 0 aromatic heterocycles. The molecular weight excluding hydrogens is 232 g/mol. The minimum atomic E-state index is -0.805. The molecule has 0 aromatic carbocycles. The predicted molar refractivity (Wildman–Crippen MR) is 69.3 cm³/mol. The number of amides is 1. The Bertz CT molecular complexity index is 294. The molecule has 1 fully saturated rings. The van der Waals surface area contributed by atoms with E-state index in [2.05, 4.69) is 12.2 Å². The molecule has 0 aliphatic heterocycles. The van der Waals surface area contributed by atoms with Crippen LogP contribution in [0.1, 0.15) is 39.0 Å². The van der Waals surface area contributed by atoms with Gasteiger partial charge in [0.05, 0.1) is 13.0 Å². The molecule has 2 atom stereocenters. The van der Waals surface area contributed by atoms with Crippen LogP contribution in [0.25, 0.3) is 0 Å². The van der Waals surface area contributed by atoms with Crippen molar-refractivity contribution in [2.75, 3.05) is 20.1 Å². The average molecular weight is 256 g/mol. The number of nitrogens with one attached hydrogen (secondary N) is 1. The first-order valence-corrected chi connectivity index (χ1v) is 6.71. The Labute approximate surface area is 109 Å². The standard InChI is InChI=1S/C13H24N2O3/c1-10-5-3-4-6-11(10)15(8-7-13(17)18)9-12(16)14-2/h10-11H,3-9H2,1-2H3,(H,14,16)(H,17,18). The number of carbonyl (C=O) groups is 2. The highest BCUT2D eigenvalue weighted by atomic mass is 16.4. The fourth-order valence-corrected chi connectivity index (χ4v) is 2.70. The number of carboxylic acid groups (broad SMARTS) is 1. The van der Waals surface area contributed by atoms with Crippen LogP contribution in [0.5, 0.6) is 0 Å². The van der Waals surface area contributed by atoms with Crippen molar-refractivity contribution in [1.82, 2.24) is 10.2 Å². The van der Waals surface area contributed by atoms with Gasteiger partial charge in [-0.2, -0.15) is 0 Å². The van der Waals surface area contributed by atoms with Crippen LogP contribution in [-0.2, 0) is 9.59 Å². The Morgan fingerprint density at radius 1 is 1.33 bits per heavy atom. The predicted octanol–water partition coefficient (Wildman–Crippen LogP) is 1.09. The van der Waals surface area contributed by atoms with Gasteiger partial charge in [-0.25, -0.2) is 0 Å². The van der Waals surface area contributed by atoms with Gasteiger partial charge in [-0.05, 0) is 18.8 Å². The Hall–Kier alpha value is -1.10. The van der Waals surface area contributed by atoms with Gasteiger partial charge in [0.2, 0.25) is 5.91 Å². The van der Waals surface area contributed by atoms with Crippen molar-refractivity contribution in [1.29, 1.82) is 0 Å². The van der Waals surface area contributed by atoms with Crippen LogP contribution in [0, 0.1) is 5.92 Å². The number of hydrogen-bond acceptors (Lipinski definition) is 3. The molecule has 2 unspecified atom stereocenters. The van der Waals surface area contributed by atoms with Gasteiger partial charge < -0.3 is 10.4 Å². The molecule has 0 heterocycles. The molecule has 1 aliphatic rings. The summed E-state index contributed by atoms with van der Waals surface area (Å²) in [5, 5.41) is 11.4. The van der Waals surface area contributed by atoms with Crippen molar-refractivity contribution in [3.63, 3.8) is 0 Å². The molecule has 1 saturated carbocycles. The second kappa shape index (κ2) is 7.36. The average Bonchev–Trinajstić information content (AvgIpc) is 2.34. The fraction of sp³-hybridized carbons (Fsp3) is 0.846. The number of rotatable bonds is 6. The summed E-state index contributed by atoms with van der Waals surface area (Å²) in [6.07, 6.45) is 4.75. The van der Waals surface area contributed by atoms with Gasteiger partial charge >= 0.3 is 5.97 Å². The van der Waals surface area contributed by atoms with Crippen LogP contribution in [0.3, 0.4) is 0 Å². The second-order valence-electron chi connectivity index (χ2n) is 5.12. The monoisotopic (exact) mass is 256 g/mol. The zero-order chi connectivity index (χ0) is 13.5. The third-order valence-corrected chi connectivity index (χ3v) is 3.77. The second-order valence-corrected chi connectivity index (χ2v) is 5.12. The third kappa shape index (κ3) is 4.64. The van der Waals surface area contributed by atoms with Gasteiger partial charge in [0.15, 0.2) is 0 Å². The third-order valence-electron chi connectivity index (χ3n) is 3.77. The van der Waals surface area contributed by atoms with E-state index in [4.69, 9.17) is 5.11 Å². The van der Waals surface area contributed by atoms with Gasteiger partial charge in [-0.15, -0.1) is 0 Å². The zero-order valence-corrected chi connectivity index (χ0v) is 11.3. The molecule has 5 nitrogen and oxygen atoms in total. The van der Waals surface area contributed by atoms with Gasteiger partial charge in [0.1, 0.15) is 0 Å². The van der Waals surface area contributed by atoms with Gasteiger partial charge in [-0.3, -0.25) is 14.5 Å². The van der Waals surface area contributed by atoms with E-state index in [0.29, 0.717) is 25.0 Å². The lowest BCUT2D eigenvalue weighted by Crippen LogP contribution is -2.47. The van der Waals surface area contributed by atoms with E-state index in [9.17, 15) is 9.59 Å². The highest BCUT2D eigenvalue weighted by Crippen LogP contribution is 2.28. The normalized spacial score (nSPS) is 23.9. The van der Waals surface area contributed by atoms with Gasteiger partial charge in [-0.1, -0.05) is 19.8 Å². The Morgan fingerprint density at radius 2 is 2.00 bits per heavy atom. The molecule has 1 rings (SSSR count). The molecule has 18 heavy (non-hydrogen) atoms. The Kier molecular flexibility index (Phi) is 6.12. The summed E-state index contributed by atoms with van der Waals surface area (Å²) < 4.78 is 0. The first-order chi connectivity index (χ1) is 8.54. The van der Waals surface area contributed by atoms with Crippen LogP contribution in [0.2, 0.25) is 0 Å². The first kappa shape index (κ1) is 15.0.